The third-order valence-electron chi connectivity index (χ3n) is 2.44. The van der Waals surface area contributed by atoms with Crippen LogP contribution in [0.25, 0.3) is 0 Å². The van der Waals surface area contributed by atoms with Crippen LogP contribution in [-0.4, -0.2) is 35.2 Å². The lowest BCUT2D eigenvalue weighted by molar-refractivity contribution is -0.164. The number of carbonyl (C=O) groups is 2. The molecule has 1 aliphatic heterocycles. The van der Waals surface area contributed by atoms with Gasteiger partial charge in [-0.25, -0.2) is 0 Å². The van der Waals surface area contributed by atoms with E-state index in [2.05, 4.69) is 5.32 Å². The minimum absolute atomic E-state index is 0.473. The Morgan fingerprint density at radius 3 is 2.50 bits per heavy atom. The molecule has 1 aliphatic rings. The Morgan fingerprint density at radius 2 is 2.00 bits per heavy atom. The van der Waals surface area contributed by atoms with Crippen molar-refractivity contribution in [1.82, 2.24) is 5.32 Å². The number of esters is 1. The lowest BCUT2D eigenvalue weighted by atomic mass is 9.91. The smallest absolute Gasteiger partial charge is 0.324 e. The number of carboxylic acids is 1. The molecule has 1 fully saturated rings. The van der Waals surface area contributed by atoms with Crippen LogP contribution in [0.5, 0.6) is 0 Å². The summed E-state index contributed by atoms with van der Waals surface area (Å²) in [6.45, 7) is 5.96. The lowest BCUT2D eigenvalue weighted by Crippen LogP contribution is -2.51. The second-order valence-electron chi connectivity index (χ2n) is 5.05. The van der Waals surface area contributed by atoms with Crippen molar-refractivity contribution in [3.05, 3.63) is 0 Å². The predicted octanol–water partition coefficient (Wildman–Crippen LogP) is 0.781. The summed E-state index contributed by atoms with van der Waals surface area (Å²) >= 11 is 0. The molecule has 0 spiro atoms. The fraction of sp³-hybridized carbons (Fsp3) is 0.818. The molecule has 0 aromatic rings. The van der Waals surface area contributed by atoms with E-state index in [4.69, 9.17) is 9.84 Å². The first kappa shape index (κ1) is 13.0. The van der Waals surface area contributed by atoms with Crippen LogP contribution >= 0.6 is 0 Å². The van der Waals surface area contributed by atoms with Crippen LogP contribution in [0.4, 0.5) is 0 Å². The molecule has 1 saturated heterocycles. The van der Waals surface area contributed by atoms with E-state index in [-0.39, 0.29) is 0 Å². The highest BCUT2D eigenvalue weighted by Gasteiger charge is 2.38. The van der Waals surface area contributed by atoms with Crippen LogP contribution in [0.1, 0.15) is 33.6 Å². The summed E-state index contributed by atoms with van der Waals surface area (Å²) < 4.78 is 5.19. The zero-order chi connectivity index (χ0) is 12.3. The zero-order valence-electron chi connectivity index (χ0n) is 9.95. The molecule has 1 heterocycles. The van der Waals surface area contributed by atoms with E-state index in [0.29, 0.717) is 13.0 Å². The number of rotatable bonds is 2. The second-order valence-corrected chi connectivity index (χ2v) is 5.05. The summed E-state index contributed by atoms with van der Waals surface area (Å²) in [7, 11) is 0. The zero-order valence-corrected chi connectivity index (χ0v) is 9.95. The molecule has 0 aliphatic carbocycles. The van der Waals surface area contributed by atoms with E-state index in [1.807, 2.05) is 0 Å². The molecule has 0 radical (unpaired) electrons. The van der Waals surface area contributed by atoms with Crippen molar-refractivity contribution >= 4 is 11.9 Å². The minimum atomic E-state index is -0.942. The number of carbonyl (C=O) groups excluding carboxylic acids is 1. The van der Waals surface area contributed by atoms with Crippen molar-refractivity contribution in [2.75, 3.05) is 6.54 Å². The van der Waals surface area contributed by atoms with E-state index < -0.39 is 29.5 Å². The SMILES string of the molecule is CC(C)(C)OC(=O)C1NCCCC1C(=O)O. The van der Waals surface area contributed by atoms with Crippen LogP contribution in [0, 0.1) is 5.92 Å². The molecule has 0 saturated carbocycles. The molecule has 0 aromatic heterocycles. The number of hydrogen-bond donors (Lipinski definition) is 2. The highest BCUT2D eigenvalue weighted by atomic mass is 16.6. The minimum Gasteiger partial charge on any atom is -0.481 e. The highest BCUT2D eigenvalue weighted by Crippen LogP contribution is 2.20. The number of ether oxygens (including phenoxy) is 1. The van der Waals surface area contributed by atoms with Crippen LogP contribution < -0.4 is 5.32 Å². The van der Waals surface area contributed by atoms with Gasteiger partial charge in [-0.3, -0.25) is 9.59 Å². The number of carboxylic acid groups (broad SMARTS) is 1. The summed E-state index contributed by atoms with van der Waals surface area (Å²) in [4.78, 5) is 22.8. The second kappa shape index (κ2) is 4.82. The summed E-state index contributed by atoms with van der Waals surface area (Å²) in [6.07, 6.45) is 1.29. The predicted molar refractivity (Wildman–Crippen MR) is 58.0 cm³/mol. The van der Waals surface area contributed by atoms with E-state index in [1.165, 1.54) is 0 Å². The molecule has 0 amide bonds. The molecule has 0 aromatic carbocycles. The first-order chi connectivity index (χ1) is 7.31. The van der Waals surface area contributed by atoms with Gasteiger partial charge in [0.15, 0.2) is 0 Å². The molecule has 5 nitrogen and oxygen atoms in total. The molecule has 92 valence electrons. The van der Waals surface area contributed by atoms with Gasteiger partial charge in [0.05, 0.1) is 5.92 Å². The summed E-state index contributed by atoms with van der Waals surface area (Å²) in [6, 6.07) is -0.717. The summed E-state index contributed by atoms with van der Waals surface area (Å²) in [5.41, 5.74) is -0.584. The number of nitrogens with one attached hydrogen (secondary N) is 1. The Balaban J connectivity index is 2.68. The van der Waals surface area contributed by atoms with E-state index in [9.17, 15) is 9.59 Å². The van der Waals surface area contributed by atoms with Gasteiger partial charge in [-0.15, -0.1) is 0 Å². The Kier molecular flexibility index (Phi) is 3.91. The molecular formula is C11H19NO4. The van der Waals surface area contributed by atoms with Crippen molar-refractivity contribution in [3.8, 4) is 0 Å². The molecule has 2 unspecified atom stereocenters. The molecule has 0 bridgehead atoms. The molecule has 2 atom stereocenters. The van der Waals surface area contributed by atoms with Gasteiger partial charge in [-0.1, -0.05) is 0 Å². The number of piperidine rings is 1. The Labute approximate surface area is 95.2 Å². The summed E-state index contributed by atoms with van der Waals surface area (Å²) in [5.74, 6) is -2.09. The van der Waals surface area contributed by atoms with Crippen molar-refractivity contribution in [2.24, 2.45) is 5.92 Å². The van der Waals surface area contributed by atoms with Crippen LogP contribution in [-0.2, 0) is 14.3 Å². The number of aliphatic carboxylic acids is 1. The quantitative estimate of drug-likeness (QED) is 0.684. The maximum absolute atomic E-state index is 11.8. The first-order valence-corrected chi connectivity index (χ1v) is 5.50. The van der Waals surface area contributed by atoms with Crippen LogP contribution in [0.3, 0.4) is 0 Å². The standard InChI is InChI=1S/C11H19NO4/c1-11(2,3)16-10(15)8-7(9(13)14)5-4-6-12-8/h7-8,12H,4-6H2,1-3H3,(H,13,14). The number of hydrogen-bond acceptors (Lipinski definition) is 4. The van der Waals surface area contributed by atoms with Crippen molar-refractivity contribution in [3.63, 3.8) is 0 Å². The van der Waals surface area contributed by atoms with Gasteiger partial charge in [0.2, 0.25) is 0 Å². The maximum atomic E-state index is 11.8. The van der Waals surface area contributed by atoms with Gasteiger partial charge in [0, 0.05) is 0 Å². The third kappa shape index (κ3) is 3.48. The fourth-order valence-corrected chi connectivity index (χ4v) is 1.77. The van der Waals surface area contributed by atoms with Gasteiger partial charge in [-0.2, -0.15) is 0 Å². The maximum Gasteiger partial charge on any atom is 0.324 e. The lowest BCUT2D eigenvalue weighted by Gasteiger charge is -2.30. The van der Waals surface area contributed by atoms with Crippen molar-refractivity contribution < 1.29 is 19.4 Å². The molecule has 2 N–H and O–H groups in total. The van der Waals surface area contributed by atoms with Gasteiger partial charge in [0.1, 0.15) is 11.6 Å². The normalized spacial score (nSPS) is 26.2. The van der Waals surface area contributed by atoms with E-state index in [0.717, 1.165) is 6.42 Å². The van der Waals surface area contributed by atoms with Crippen molar-refractivity contribution in [2.45, 2.75) is 45.3 Å². The Hall–Kier alpha value is -1.10. The third-order valence-corrected chi connectivity index (χ3v) is 2.44. The monoisotopic (exact) mass is 229 g/mol. The molecule has 5 heteroatoms. The fourth-order valence-electron chi connectivity index (χ4n) is 1.77. The Morgan fingerprint density at radius 1 is 1.38 bits per heavy atom. The van der Waals surface area contributed by atoms with Gasteiger partial charge < -0.3 is 15.2 Å². The van der Waals surface area contributed by atoms with E-state index in [1.54, 1.807) is 20.8 Å². The molecular weight excluding hydrogens is 210 g/mol. The van der Waals surface area contributed by atoms with Gasteiger partial charge >= 0.3 is 11.9 Å². The van der Waals surface area contributed by atoms with Gasteiger partial charge in [-0.05, 0) is 40.2 Å². The van der Waals surface area contributed by atoms with Crippen LogP contribution in [0.15, 0.2) is 0 Å². The van der Waals surface area contributed by atoms with Crippen molar-refractivity contribution in [1.29, 1.82) is 0 Å². The highest BCUT2D eigenvalue weighted by molar-refractivity contribution is 5.84. The average molecular weight is 229 g/mol. The first-order valence-electron chi connectivity index (χ1n) is 5.50. The topological polar surface area (TPSA) is 75.6 Å². The summed E-state index contributed by atoms with van der Waals surface area (Å²) in [5, 5.41) is 11.9. The Bertz CT molecular complexity index is 282. The van der Waals surface area contributed by atoms with Crippen LogP contribution in [0.2, 0.25) is 0 Å². The largest absolute Gasteiger partial charge is 0.481 e. The van der Waals surface area contributed by atoms with E-state index >= 15 is 0 Å². The molecule has 1 rings (SSSR count). The van der Waals surface area contributed by atoms with Gasteiger partial charge in [0.25, 0.3) is 0 Å². The molecule has 16 heavy (non-hydrogen) atoms. The average Bonchev–Trinajstić information content (AvgIpc) is 2.15.